The van der Waals surface area contributed by atoms with E-state index in [1.165, 1.54) is 7.11 Å². The Morgan fingerprint density at radius 1 is 1.44 bits per heavy atom. The summed E-state index contributed by atoms with van der Waals surface area (Å²) in [4.78, 5) is 11.2. The molecule has 0 radical (unpaired) electrons. The van der Waals surface area contributed by atoms with E-state index in [4.69, 9.17) is 14.9 Å². The Bertz CT molecular complexity index is 561. The van der Waals surface area contributed by atoms with Gasteiger partial charge in [0, 0.05) is 5.39 Å². The van der Waals surface area contributed by atoms with Gasteiger partial charge in [-0.1, -0.05) is 12.1 Å². The van der Waals surface area contributed by atoms with Gasteiger partial charge >= 0.3 is 5.97 Å². The van der Waals surface area contributed by atoms with Crippen LogP contribution in [0.1, 0.15) is 18.2 Å². The summed E-state index contributed by atoms with van der Waals surface area (Å²) in [6.45, 7) is 0. The zero-order chi connectivity index (χ0) is 13.1. The lowest BCUT2D eigenvalue weighted by molar-refractivity contribution is -0.141. The fourth-order valence-corrected chi connectivity index (χ4v) is 1.76. The zero-order valence-corrected chi connectivity index (χ0v) is 10.3. The first-order valence-corrected chi connectivity index (χ1v) is 5.54. The Morgan fingerprint density at radius 3 is 2.89 bits per heavy atom. The molecule has 0 saturated carbocycles. The minimum absolute atomic E-state index is 0.0820. The first-order chi connectivity index (χ1) is 8.65. The molecule has 1 unspecified atom stereocenters. The average Bonchev–Trinajstić information content (AvgIpc) is 2.82. The number of rotatable bonds is 4. The van der Waals surface area contributed by atoms with E-state index < -0.39 is 6.04 Å². The summed E-state index contributed by atoms with van der Waals surface area (Å²) in [5.74, 6) is 0.818. The number of para-hydroxylation sites is 1. The monoisotopic (exact) mass is 249 g/mol. The maximum atomic E-state index is 11.2. The molecule has 0 fully saturated rings. The third-order valence-corrected chi connectivity index (χ3v) is 2.73. The summed E-state index contributed by atoms with van der Waals surface area (Å²) in [6.07, 6.45) is 0.0820. The van der Waals surface area contributed by atoms with Crippen molar-refractivity contribution < 1.29 is 18.7 Å². The number of furan rings is 1. The van der Waals surface area contributed by atoms with E-state index in [0.29, 0.717) is 17.1 Å². The molecule has 2 aromatic rings. The summed E-state index contributed by atoms with van der Waals surface area (Å²) >= 11 is 0. The summed E-state index contributed by atoms with van der Waals surface area (Å²) < 4.78 is 15.4. The van der Waals surface area contributed by atoms with Gasteiger partial charge in [-0.15, -0.1) is 0 Å². The minimum atomic E-state index is -0.519. The Morgan fingerprint density at radius 2 is 2.22 bits per heavy atom. The van der Waals surface area contributed by atoms with Gasteiger partial charge in [-0.2, -0.15) is 0 Å². The molecule has 0 aliphatic heterocycles. The molecule has 1 atom stereocenters. The van der Waals surface area contributed by atoms with Gasteiger partial charge in [0.05, 0.1) is 26.7 Å². The highest BCUT2D eigenvalue weighted by atomic mass is 16.5. The molecule has 0 spiro atoms. The van der Waals surface area contributed by atoms with Gasteiger partial charge in [-0.3, -0.25) is 4.79 Å². The van der Waals surface area contributed by atoms with Crippen LogP contribution in [-0.4, -0.2) is 20.2 Å². The van der Waals surface area contributed by atoms with Gasteiger partial charge in [0.15, 0.2) is 11.3 Å². The molecular weight excluding hydrogens is 234 g/mol. The second-order valence-electron chi connectivity index (χ2n) is 3.91. The molecular formula is C13H15NO4. The van der Waals surface area contributed by atoms with Crippen LogP contribution in [0.4, 0.5) is 0 Å². The maximum Gasteiger partial charge on any atom is 0.307 e. The van der Waals surface area contributed by atoms with Gasteiger partial charge in [0.2, 0.25) is 0 Å². The van der Waals surface area contributed by atoms with E-state index in [9.17, 15) is 4.79 Å². The van der Waals surface area contributed by atoms with Gasteiger partial charge in [-0.05, 0) is 12.1 Å². The Labute approximate surface area is 104 Å². The molecule has 2 N–H and O–H groups in total. The van der Waals surface area contributed by atoms with Crippen LogP contribution in [0, 0.1) is 0 Å². The number of hydrogen-bond donors (Lipinski definition) is 1. The van der Waals surface area contributed by atoms with Crippen LogP contribution in [0.15, 0.2) is 28.7 Å². The summed E-state index contributed by atoms with van der Waals surface area (Å²) in [6, 6.07) is 6.86. The Hall–Kier alpha value is -2.01. The minimum Gasteiger partial charge on any atom is -0.493 e. The number of fused-ring (bicyclic) bond motifs is 1. The highest BCUT2D eigenvalue weighted by molar-refractivity contribution is 5.84. The predicted molar refractivity (Wildman–Crippen MR) is 66.3 cm³/mol. The number of hydrogen-bond acceptors (Lipinski definition) is 5. The van der Waals surface area contributed by atoms with Gasteiger partial charge in [-0.25, -0.2) is 0 Å². The molecule has 0 bridgehead atoms. The Balaban J connectivity index is 2.32. The van der Waals surface area contributed by atoms with E-state index in [-0.39, 0.29) is 12.4 Å². The molecule has 96 valence electrons. The largest absolute Gasteiger partial charge is 0.493 e. The molecule has 18 heavy (non-hydrogen) atoms. The van der Waals surface area contributed by atoms with E-state index in [1.54, 1.807) is 13.2 Å². The van der Waals surface area contributed by atoms with Crippen molar-refractivity contribution in [3.8, 4) is 5.75 Å². The van der Waals surface area contributed by atoms with Crippen LogP contribution >= 0.6 is 0 Å². The maximum absolute atomic E-state index is 11.2. The quantitative estimate of drug-likeness (QED) is 0.839. The van der Waals surface area contributed by atoms with Gasteiger partial charge in [0.1, 0.15) is 5.76 Å². The lowest BCUT2D eigenvalue weighted by Gasteiger charge is -2.06. The number of carbonyl (C=O) groups is 1. The number of methoxy groups -OCH3 is 2. The van der Waals surface area contributed by atoms with E-state index in [1.807, 2.05) is 18.2 Å². The summed E-state index contributed by atoms with van der Waals surface area (Å²) in [5.41, 5.74) is 6.53. The summed E-state index contributed by atoms with van der Waals surface area (Å²) in [7, 11) is 2.90. The zero-order valence-electron chi connectivity index (χ0n) is 10.3. The second-order valence-corrected chi connectivity index (χ2v) is 3.91. The first kappa shape index (κ1) is 12.4. The molecule has 5 heteroatoms. The van der Waals surface area contributed by atoms with Crippen LogP contribution in [0.25, 0.3) is 11.0 Å². The molecule has 2 rings (SSSR count). The summed E-state index contributed by atoms with van der Waals surface area (Å²) in [5, 5.41) is 0.893. The number of carbonyl (C=O) groups excluding carboxylic acids is 1. The van der Waals surface area contributed by atoms with Gasteiger partial charge < -0.3 is 19.6 Å². The lowest BCUT2D eigenvalue weighted by Crippen LogP contribution is -2.15. The van der Waals surface area contributed by atoms with E-state index in [2.05, 4.69) is 4.74 Å². The molecule has 0 amide bonds. The number of ether oxygens (including phenoxy) is 2. The highest BCUT2D eigenvalue weighted by Gasteiger charge is 2.17. The smallest absolute Gasteiger partial charge is 0.307 e. The van der Waals surface area contributed by atoms with Crippen LogP contribution in [0.2, 0.25) is 0 Å². The number of benzene rings is 1. The van der Waals surface area contributed by atoms with Crippen molar-refractivity contribution in [1.29, 1.82) is 0 Å². The van der Waals surface area contributed by atoms with Gasteiger partial charge in [0.25, 0.3) is 0 Å². The number of esters is 1. The third-order valence-electron chi connectivity index (χ3n) is 2.73. The van der Waals surface area contributed by atoms with Crippen molar-refractivity contribution in [1.82, 2.24) is 0 Å². The molecule has 0 aliphatic rings. The van der Waals surface area contributed by atoms with Crippen LogP contribution in [0.3, 0.4) is 0 Å². The van der Waals surface area contributed by atoms with Crippen LogP contribution < -0.4 is 10.5 Å². The van der Waals surface area contributed by atoms with Crippen LogP contribution in [-0.2, 0) is 9.53 Å². The highest BCUT2D eigenvalue weighted by Crippen LogP contribution is 2.31. The van der Waals surface area contributed by atoms with Crippen LogP contribution in [0.5, 0.6) is 5.75 Å². The Kier molecular flexibility index (Phi) is 3.53. The molecule has 0 aliphatic carbocycles. The molecule has 5 nitrogen and oxygen atoms in total. The average molecular weight is 249 g/mol. The molecule has 1 aromatic carbocycles. The van der Waals surface area contributed by atoms with Crippen molar-refractivity contribution in [3.05, 3.63) is 30.0 Å². The lowest BCUT2D eigenvalue weighted by atomic mass is 10.1. The fraction of sp³-hybridized carbons (Fsp3) is 0.308. The standard InChI is InChI=1S/C13H15NO4/c1-16-10-5-3-4-8-6-11(18-13(8)10)9(14)7-12(15)17-2/h3-6,9H,7,14H2,1-2H3. The fourth-order valence-electron chi connectivity index (χ4n) is 1.76. The van der Waals surface area contributed by atoms with Crippen molar-refractivity contribution in [2.75, 3.05) is 14.2 Å². The normalized spacial score (nSPS) is 12.4. The van der Waals surface area contributed by atoms with Crippen molar-refractivity contribution in [3.63, 3.8) is 0 Å². The SMILES string of the molecule is COC(=O)CC(N)c1cc2cccc(OC)c2o1. The van der Waals surface area contributed by atoms with Crippen molar-refractivity contribution in [2.45, 2.75) is 12.5 Å². The molecule has 1 aromatic heterocycles. The third kappa shape index (κ3) is 2.31. The number of nitrogens with two attached hydrogens (primary N) is 1. The molecule has 1 heterocycles. The van der Waals surface area contributed by atoms with Crippen molar-refractivity contribution in [2.24, 2.45) is 5.73 Å². The second kappa shape index (κ2) is 5.10. The topological polar surface area (TPSA) is 74.7 Å². The predicted octanol–water partition coefficient (Wildman–Crippen LogP) is 2.00. The van der Waals surface area contributed by atoms with Crippen molar-refractivity contribution >= 4 is 16.9 Å². The van der Waals surface area contributed by atoms with E-state index in [0.717, 1.165) is 5.39 Å². The molecule has 0 saturated heterocycles. The first-order valence-electron chi connectivity index (χ1n) is 5.54. The van der Waals surface area contributed by atoms with E-state index >= 15 is 0 Å².